The van der Waals surface area contributed by atoms with Crippen LogP contribution in [0.15, 0.2) is 33.9 Å². The van der Waals surface area contributed by atoms with Crippen molar-refractivity contribution in [2.24, 2.45) is 0 Å². The minimum atomic E-state index is -0.121. The molecule has 1 aromatic carbocycles. The number of aromatic nitrogens is 2. The van der Waals surface area contributed by atoms with Crippen molar-refractivity contribution in [1.82, 2.24) is 9.97 Å². The number of amides is 1. The lowest BCUT2D eigenvalue weighted by atomic mass is 10.2. The number of nitrogens with zero attached hydrogens (tertiary/aromatic N) is 2. The molecule has 3 heterocycles. The molecule has 6 nitrogen and oxygen atoms in total. The van der Waals surface area contributed by atoms with Crippen LogP contribution in [0, 0.1) is 0 Å². The Morgan fingerprint density at radius 1 is 1.35 bits per heavy atom. The molecule has 0 saturated carbocycles. The first kappa shape index (κ1) is 14.7. The van der Waals surface area contributed by atoms with Crippen LogP contribution in [0.25, 0.3) is 11.1 Å². The maximum absolute atomic E-state index is 12.0. The third-order valence-corrected chi connectivity index (χ3v) is 5.16. The SMILES string of the molecule is O=C(CSc1nc2ccccc2o1)Nc1nc2c(s1)COCC2. The molecule has 1 amide bonds. The predicted octanol–water partition coefficient (Wildman–Crippen LogP) is 3.09. The Morgan fingerprint density at radius 3 is 3.13 bits per heavy atom. The summed E-state index contributed by atoms with van der Waals surface area (Å²) >= 11 is 2.74. The van der Waals surface area contributed by atoms with E-state index in [4.69, 9.17) is 9.15 Å². The summed E-state index contributed by atoms with van der Waals surface area (Å²) < 4.78 is 11.0. The second-order valence-corrected chi connectivity index (χ2v) is 6.99. The maximum Gasteiger partial charge on any atom is 0.257 e. The number of carbonyl (C=O) groups excluding carboxylic acids is 1. The van der Waals surface area contributed by atoms with E-state index in [-0.39, 0.29) is 11.7 Å². The Labute approximate surface area is 140 Å². The third-order valence-electron chi connectivity index (χ3n) is 3.34. The monoisotopic (exact) mass is 347 g/mol. The summed E-state index contributed by atoms with van der Waals surface area (Å²) in [6.45, 7) is 1.28. The topological polar surface area (TPSA) is 77.3 Å². The van der Waals surface area contributed by atoms with Gasteiger partial charge in [0.2, 0.25) is 5.91 Å². The van der Waals surface area contributed by atoms with Crippen LogP contribution in [0.5, 0.6) is 0 Å². The van der Waals surface area contributed by atoms with E-state index in [1.807, 2.05) is 24.3 Å². The molecule has 0 fully saturated rings. The summed E-state index contributed by atoms with van der Waals surface area (Å²) in [4.78, 5) is 21.9. The van der Waals surface area contributed by atoms with Crippen molar-refractivity contribution in [3.05, 3.63) is 34.8 Å². The van der Waals surface area contributed by atoms with Gasteiger partial charge in [0.25, 0.3) is 5.22 Å². The van der Waals surface area contributed by atoms with Gasteiger partial charge in [-0.15, -0.1) is 0 Å². The van der Waals surface area contributed by atoms with Gasteiger partial charge in [0, 0.05) is 6.42 Å². The van der Waals surface area contributed by atoms with Crippen LogP contribution in [0.2, 0.25) is 0 Å². The number of hydrogen-bond donors (Lipinski definition) is 1. The number of anilines is 1. The molecule has 0 bridgehead atoms. The molecule has 23 heavy (non-hydrogen) atoms. The fourth-order valence-electron chi connectivity index (χ4n) is 2.27. The van der Waals surface area contributed by atoms with Crippen LogP contribution in [-0.2, 0) is 22.6 Å². The van der Waals surface area contributed by atoms with Crippen LogP contribution < -0.4 is 5.32 Å². The fourth-order valence-corrected chi connectivity index (χ4v) is 3.87. The lowest BCUT2D eigenvalue weighted by Gasteiger charge is -2.08. The highest BCUT2D eigenvalue weighted by Gasteiger charge is 2.17. The van der Waals surface area contributed by atoms with Crippen molar-refractivity contribution in [1.29, 1.82) is 0 Å². The molecule has 1 N–H and O–H groups in total. The Balaban J connectivity index is 1.37. The van der Waals surface area contributed by atoms with Gasteiger partial charge < -0.3 is 14.5 Å². The average molecular weight is 347 g/mol. The second kappa shape index (κ2) is 6.31. The summed E-state index contributed by atoms with van der Waals surface area (Å²) in [6.07, 6.45) is 0.805. The lowest BCUT2D eigenvalue weighted by Crippen LogP contribution is -2.14. The number of thioether (sulfide) groups is 1. The van der Waals surface area contributed by atoms with Crippen LogP contribution in [-0.4, -0.2) is 28.2 Å². The highest BCUT2D eigenvalue weighted by molar-refractivity contribution is 7.99. The summed E-state index contributed by atoms with van der Waals surface area (Å²) in [6, 6.07) is 7.53. The number of hydrogen-bond acceptors (Lipinski definition) is 7. The molecule has 118 valence electrons. The number of para-hydroxylation sites is 2. The van der Waals surface area contributed by atoms with Crippen molar-refractivity contribution in [3.8, 4) is 0 Å². The van der Waals surface area contributed by atoms with E-state index in [1.165, 1.54) is 23.1 Å². The van der Waals surface area contributed by atoms with E-state index in [9.17, 15) is 4.79 Å². The largest absolute Gasteiger partial charge is 0.431 e. The van der Waals surface area contributed by atoms with E-state index < -0.39 is 0 Å². The van der Waals surface area contributed by atoms with Crippen LogP contribution in [0.3, 0.4) is 0 Å². The smallest absolute Gasteiger partial charge is 0.257 e. The third kappa shape index (κ3) is 3.24. The molecule has 0 aliphatic carbocycles. The van der Waals surface area contributed by atoms with E-state index in [2.05, 4.69) is 15.3 Å². The molecule has 4 rings (SSSR count). The van der Waals surface area contributed by atoms with E-state index in [0.29, 0.717) is 23.6 Å². The molecule has 0 unspecified atom stereocenters. The number of carbonyl (C=O) groups is 1. The molecular weight excluding hydrogens is 334 g/mol. The minimum absolute atomic E-state index is 0.121. The number of benzene rings is 1. The zero-order valence-electron chi connectivity index (χ0n) is 12.1. The van der Waals surface area contributed by atoms with Crippen molar-refractivity contribution in [2.75, 3.05) is 17.7 Å². The summed E-state index contributed by atoms with van der Waals surface area (Å²) in [5.41, 5.74) is 2.55. The van der Waals surface area contributed by atoms with Crippen molar-refractivity contribution < 1.29 is 13.9 Å². The molecule has 0 saturated heterocycles. The average Bonchev–Trinajstić information content (AvgIpc) is 3.15. The molecule has 2 aromatic heterocycles. The first-order chi connectivity index (χ1) is 11.3. The summed E-state index contributed by atoms with van der Waals surface area (Å²) in [5, 5.41) is 3.95. The molecular formula is C15H13N3O3S2. The van der Waals surface area contributed by atoms with Gasteiger partial charge in [0.15, 0.2) is 10.7 Å². The van der Waals surface area contributed by atoms with Gasteiger partial charge in [-0.2, -0.15) is 0 Å². The molecule has 0 atom stereocenters. The fraction of sp³-hybridized carbons (Fsp3) is 0.267. The number of nitrogens with one attached hydrogen (secondary N) is 1. The van der Waals surface area contributed by atoms with E-state index >= 15 is 0 Å². The Morgan fingerprint density at radius 2 is 2.26 bits per heavy atom. The van der Waals surface area contributed by atoms with E-state index in [1.54, 1.807) is 0 Å². The Hall–Kier alpha value is -1.90. The summed E-state index contributed by atoms with van der Waals surface area (Å²) in [7, 11) is 0. The zero-order valence-corrected chi connectivity index (χ0v) is 13.7. The molecule has 1 aliphatic rings. The van der Waals surface area contributed by atoms with Crippen LogP contribution in [0.4, 0.5) is 5.13 Å². The number of fused-ring (bicyclic) bond motifs is 2. The molecule has 8 heteroatoms. The Bertz CT molecular complexity index is 802. The quantitative estimate of drug-likeness (QED) is 0.731. The highest BCUT2D eigenvalue weighted by atomic mass is 32.2. The van der Waals surface area contributed by atoms with Gasteiger partial charge in [-0.3, -0.25) is 4.79 Å². The standard InChI is InChI=1S/C15H13N3O3S2/c19-13(18-14-16-10-5-6-20-7-12(10)23-14)8-22-15-17-9-3-1-2-4-11(9)21-15/h1-4H,5-8H2,(H,16,18,19). The minimum Gasteiger partial charge on any atom is -0.431 e. The van der Waals surface area contributed by atoms with E-state index in [0.717, 1.165) is 28.1 Å². The van der Waals surface area contributed by atoms with Gasteiger partial charge in [0.1, 0.15) is 5.52 Å². The lowest BCUT2D eigenvalue weighted by molar-refractivity contribution is -0.113. The zero-order chi connectivity index (χ0) is 15.6. The predicted molar refractivity (Wildman–Crippen MR) is 88.8 cm³/mol. The van der Waals surface area contributed by atoms with Gasteiger partial charge in [0.05, 0.1) is 29.5 Å². The molecule has 1 aliphatic heterocycles. The number of ether oxygens (including phenoxy) is 1. The number of oxazole rings is 1. The molecule has 0 radical (unpaired) electrons. The first-order valence-electron chi connectivity index (χ1n) is 7.12. The van der Waals surface area contributed by atoms with Gasteiger partial charge >= 0.3 is 0 Å². The van der Waals surface area contributed by atoms with Crippen LogP contribution >= 0.6 is 23.1 Å². The molecule has 3 aromatic rings. The van der Waals surface area contributed by atoms with Crippen molar-refractivity contribution in [2.45, 2.75) is 18.3 Å². The second-order valence-electron chi connectivity index (χ2n) is 4.98. The number of thiazole rings is 1. The van der Waals surface area contributed by atoms with Gasteiger partial charge in [-0.25, -0.2) is 9.97 Å². The first-order valence-corrected chi connectivity index (χ1v) is 8.93. The van der Waals surface area contributed by atoms with Crippen molar-refractivity contribution >= 4 is 45.2 Å². The maximum atomic E-state index is 12.0. The van der Waals surface area contributed by atoms with Crippen LogP contribution in [0.1, 0.15) is 10.6 Å². The molecule has 0 spiro atoms. The number of rotatable bonds is 4. The van der Waals surface area contributed by atoms with Gasteiger partial charge in [-0.1, -0.05) is 35.2 Å². The summed E-state index contributed by atoms with van der Waals surface area (Å²) in [5.74, 6) is 0.109. The Kier molecular flexibility index (Phi) is 4.02. The highest BCUT2D eigenvalue weighted by Crippen LogP contribution is 2.28. The van der Waals surface area contributed by atoms with Crippen molar-refractivity contribution in [3.63, 3.8) is 0 Å². The van der Waals surface area contributed by atoms with Gasteiger partial charge in [-0.05, 0) is 12.1 Å². The normalized spacial score (nSPS) is 13.9.